The van der Waals surface area contributed by atoms with Crippen molar-refractivity contribution in [2.24, 2.45) is 0 Å². The number of aryl methyl sites for hydroxylation is 1. The van der Waals surface area contributed by atoms with E-state index in [4.69, 9.17) is 14.0 Å². The van der Waals surface area contributed by atoms with Gasteiger partial charge in [-0.2, -0.15) is 4.98 Å². The van der Waals surface area contributed by atoms with Crippen LogP contribution >= 0.6 is 0 Å². The van der Waals surface area contributed by atoms with Crippen molar-refractivity contribution in [2.75, 3.05) is 32.9 Å². The Balaban J connectivity index is 1.64. The van der Waals surface area contributed by atoms with Gasteiger partial charge in [-0.1, -0.05) is 5.16 Å². The first-order valence-electron chi connectivity index (χ1n) is 6.56. The molecule has 6 heteroatoms. The normalized spacial score (nSPS) is 27.5. The lowest BCUT2D eigenvalue weighted by atomic mass is 10.1. The van der Waals surface area contributed by atoms with Crippen LogP contribution in [0.25, 0.3) is 0 Å². The molecule has 100 valence electrons. The summed E-state index contributed by atoms with van der Waals surface area (Å²) in [6.45, 7) is 6.11. The lowest BCUT2D eigenvalue weighted by molar-refractivity contribution is -0.0735. The fourth-order valence-corrected chi connectivity index (χ4v) is 2.64. The summed E-state index contributed by atoms with van der Waals surface area (Å²) >= 11 is 0. The summed E-state index contributed by atoms with van der Waals surface area (Å²) in [6, 6.07) is 0.606. The van der Waals surface area contributed by atoms with Crippen LogP contribution < -0.4 is 0 Å². The molecule has 3 rings (SSSR count). The largest absolute Gasteiger partial charge is 0.381 e. The molecule has 0 radical (unpaired) electrons. The van der Waals surface area contributed by atoms with Crippen molar-refractivity contribution >= 4 is 0 Å². The van der Waals surface area contributed by atoms with E-state index in [-0.39, 0.29) is 6.10 Å². The molecule has 0 aliphatic carbocycles. The average Bonchev–Trinajstić information content (AvgIpc) is 2.87. The molecule has 2 fully saturated rings. The van der Waals surface area contributed by atoms with E-state index in [0.717, 1.165) is 45.8 Å². The second kappa shape index (κ2) is 5.34. The molecule has 3 heterocycles. The van der Waals surface area contributed by atoms with Crippen LogP contribution in [-0.4, -0.2) is 54.0 Å². The Morgan fingerprint density at radius 2 is 2.06 bits per heavy atom. The van der Waals surface area contributed by atoms with Crippen LogP contribution in [-0.2, 0) is 9.47 Å². The second-order valence-electron chi connectivity index (χ2n) is 4.88. The Morgan fingerprint density at radius 1 is 1.22 bits per heavy atom. The maximum absolute atomic E-state index is 5.73. The summed E-state index contributed by atoms with van der Waals surface area (Å²) < 4.78 is 16.3. The molecular formula is C12H19N3O3. The average molecular weight is 253 g/mol. The van der Waals surface area contributed by atoms with E-state index in [2.05, 4.69) is 15.0 Å². The number of nitrogens with zero attached hydrogens (tertiary/aromatic N) is 3. The Hall–Kier alpha value is -0.980. The Bertz CT molecular complexity index is 390. The predicted octanol–water partition coefficient (Wildman–Crippen LogP) is 0.930. The molecule has 6 nitrogen and oxygen atoms in total. The molecule has 0 amide bonds. The molecule has 18 heavy (non-hydrogen) atoms. The summed E-state index contributed by atoms with van der Waals surface area (Å²) in [5, 5.41) is 3.82. The van der Waals surface area contributed by atoms with Crippen LogP contribution in [0.1, 0.15) is 30.7 Å². The highest BCUT2D eigenvalue weighted by Crippen LogP contribution is 2.24. The Kier molecular flexibility index (Phi) is 3.58. The molecule has 2 aliphatic heterocycles. The van der Waals surface area contributed by atoms with E-state index in [1.807, 2.05) is 6.92 Å². The minimum absolute atomic E-state index is 0.0807. The van der Waals surface area contributed by atoms with Gasteiger partial charge in [-0.15, -0.1) is 0 Å². The fourth-order valence-electron chi connectivity index (χ4n) is 2.64. The molecule has 0 spiro atoms. The van der Waals surface area contributed by atoms with Crippen LogP contribution in [0.5, 0.6) is 0 Å². The molecule has 2 aliphatic rings. The first-order valence-corrected chi connectivity index (χ1v) is 6.56. The van der Waals surface area contributed by atoms with Crippen molar-refractivity contribution < 1.29 is 14.0 Å². The third-order valence-electron chi connectivity index (χ3n) is 3.62. The summed E-state index contributed by atoms with van der Waals surface area (Å²) in [5.41, 5.74) is 0. The first kappa shape index (κ1) is 12.1. The molecule has 1 aromatic heterocycles. The maximum atomic E-state index is 5.73. The zero-order valence-electron chi connectivity index (χ0n) is 10.7. The fraction of sp³-hybridized carbons (Fsp3) is 0.833. The van der Waals surface area contributed by atoms with Gasteiger partial charge in [0.05, 0.1) is 6.61 Å². The number of ether oxygens (including phenoxy) is 2. The van der Waals surface area contributed by atoms with Gasteiger partial charge in [0, 0.05) is 32.3 Å². The lowest BCUT2D eigenvalue weighted by Crippen LogP contribution is -2.46. The monoisotopic (exact) mass is 253 g/mol. The van der Waals surface area contributed by atoms with Crippen LogP contribution in [0, 0.1) is 6.92 Å². The van der Waals surface area contributed by atoms with Crippen molar-refractivity contribution in [3.05, 3.63) is 11.7 Å². The highest BCUT2D eigenvalue weighted by atomic mass is 16.5. The molecule has 0 N–H and O–H groups in total. The topological polar surface area (TPSA) is 60.6 Å². The van der Waals surface area contributed by atoms with E-state index in [0.29, 0.717) is 17.8 Å². The minimum atomic E-state index is -0.0807. The molecule has 0 aromatic carbocycles. The van der Waals surface area contributed by atoms with Crippen molar-refractivity contribution in [1.29, 1.82) is 0 Å². The van der Waals surface area contributed by atoms with E-state index >= 15 is 0 Å². The molecule has 2 saturated heterocycles. The summed E-state index contributed by atoms with van der Waals surface area (Å²) in [5.74, 6) is 1.26. The second-order valence-corrected chi connectivity index (χ2v) is 4.88. The molecule has 0 bridgehead atoms. The number of hydrogen-bond acceptors (Lipinski definition) is 6. The van der Waals surface area contributed by atoms with Crippen LogP contribution in [0.3, 0.4) is 0 Å². The van der Waals surface area contributed by atoms with Crippen LogP contribution in [0.2, 0.25) is 0 Å². The Labute approximate surface area is 106 Å². The van der Waals surface area contributed by atoms with Crippen LogP contribution in [0.4, 0.5) is 0 Å². The van der Waals surface area contributed by atoms with Gasteiger partial charge in [0.2, 0.25) is 0 Å². The molecule has 1 atom stereocenters. The number of aromatic nitrogens is 2. The third kappa shape index (κ3) is 2.55. The van der Waals surface area contributed by atoms with Crippen molar-refractivity contribution in [1.82, 2.24) is 15.0 Å². The van der Waals surface area contributed by atoms with Gasteiger partial charge in [0.15, 0.2) is 5.82 Å². The lowest BCUT2D eigenvalue weighted by Gasteiger charge is -2.38. The smallest absolute Gasteiger partial charge is 0.257 e. The quantitative estimate of drug-likeness (QED) is 0.781. The highest BCUT2D eigenvalue weighted by Gasteiger charge is 2.31. The number of morpholine rings is 1. The van der Waals surface area contributed by atoms with Crippen LogP contribution in [0.15, 0.2) is 4.52 Å². The summed E-state index contributed by atoms with van der Waals surface area (Å²) in [6.07, 6.45) is 2.13. The van der Waals surface area contributed by atoms with Gasteiger partial charge in [-0.05, 0) is 19.8 Å². The Morgan fingerprint density at radius 3 is 2.78 bits per heavy atom. The van der Waals surface area contributed by atoms with Gasteiger partial charge >= 0.3 is 0 Å². The number of hydrogen-bond donors (Lipinski definition) is 0. The molecular weight excluding hydrogens is 234 g/mol. The van der Waals surface area contributed by atoms with E-state index in [1.54, 1.807) is 0 Å². The van der Waals surface area contributed by atoms with Gasteiger partial charge in [0.25, 0.3) is 5.89 Å². The van der Waals surface area contributed by atoms with E-state index in [1.165, 1.54) is 0 Å². The summed E-state index contributed by atoms with van der Waals surface area (Å²) in [4.78, 5) is 6.73. The predicted molar refractivity (Wildman–Crippen MR) is 63.1 cm³/mol. The zero-order chi connectivity index (χ0) is 12.4. The molecule has 0 unspecified atom stereocenters. The number of rotatable bonds is 2. The summed E-state index contributed by atoms with van der Waals surface area (Å²) in [7, 11) is 0. The van der Waals surface area contributed by atoms with Gasteiger partial charge in [-0.3, -0.25) is 4.90 Å². The van der Waals surface area contributed by atoms with E-state index < -0.39 is 0 Å². The first-order chi connectivity index (χ1) is 8.83. The molecule has 1 aromatic rings. The van der Waals surface area contributed by atoms with E-state index in [9.17, 15) is 0 Å². The van der Waals surface area contributed by atoms with Gasteiger partial charge in [-0.25, -0.2) is 0 Å². The molecule has 0 saturated carbocycles. The third-order valence-corrected chi connectivity index (χ3v) is 3.62. The maximum Gasteiger partial charge on any atom is 0.257 e. The zero-order valence-corrected chi connectivity index (χ0v) is 10.7. The van der Waals surface area contributed by atoms with Gasteiger partial charge in [0.1, 0.15) is 6.10 Å². The highest BCUT2D eigenvalue weighted by molar-refractivity contribution is 4.92. The SMILES string of the molecule is Cc1noc([C@@H]2CN(C3CCOCC3)CCO2)n1. The van der Waals surface area contributed by atoms with Crippen molar-refractivity contribution in [3.63, 3.8) is 0 Å². The van der Waals surface area contributed by atoms with Crippen molar-refractivity contribution in [2.45, 2.75) is 31.9 Å². The van der Waals surface area contributed by atoms with Crippen molar-refractivity contribution in [3.8, 4) is 0 Å². The van der Waals surface area contributed by atoms with Gasteiger partial charge < -0.3 is 14.0 Å². The minimum Gasteiger partial charge on any atom is -0.381 e. The standard InChI is InChI=1S/C12H19N3O3/c1-9-13-12(18-14-9)11-8-15(4-7-17-11)10-2-5-16-6-3-10/h10-11H,2-8H2,1H3/t11-/m0/s1.